The van der Waals surface area contributed by atoms with E-state index in [-0.39, 0.29) is 0 Å². The van der Waals surface area contributed by atoms with Crippen LogP contribution in [0.2, 0.25) is 0 Å². The van der Waals surface area contributed by atoms with E-state index in [0.29, 0.717) is 6.04 Å². The van der Waals surface area contributed by atoms with Crippen molar-refractivity contribution in [3.63, 3.8) is 0 Å². The van der Waals surface area contributed by atoms with Crippen molar-refractivity contribution in [3.8, 4) is 0 Å². The highest BCUT2D eigenvalue weighted by atomic mass is 79.9. The number of nitrogens with zero attached hydrogens (tertiary/aromatic N) is 2. The first-order chi connectivity index (χ1) is 10.8. The van der Waals surface area contributed by atoms with Crippen LogP contribution in [0.3, 0.4) is 0 Å². The van der Waals surface area contributed by atoms with Crippen molar-refractivity contribution in [1.82, 2.24) is 10.2 Å². The van der Waals surface area contributed by atoms with Crippen LogP contribution in [-0.4, -0.2) is 57.4 Å². The highest BCUT2D eigenvalue weighted by Crippen LogP contribution is 2.28. The smallest absolute Gasteiger partial charge is 0.0642 e. The van der Waals surface area contributed by atoms with E-state index < -0.39 is 0 Å². The number of nitrogens with one attached hydrogen (secondary N) is 1. The molecule has 2 aliphatic heterocycles. The second kappa shape index (κ2) is 7.77. The van der Waals surface area contributed by atoms with Gasteiger partial charge in [0.25, 0.3) is 0 Å². The number of hydrogen-bond donors (Lipinski definition) is 1. The van der Waals surface area contributed by atoms with E-state index in [0.717, 1.165) is 43.9 Å². The Kier molecular flexibility index (Phi) is 5.74. The van der Waals surface area contributed by atoms with Crippen molar-refractivity contribution in [2.45, 2.75) is 25.4 Å². The summed E-state index contributed by atoms with van der Waals surface area (Å²) in [5, 5.41) is 3.43. The summed E-state index contributed by atoms with van der Waals surface area (Å²) in [6, 6.07) is 7.34. The third-order valence-corrected chi connectivity index (χ3v) is 5.20. The fraction of sp³-hybridized carbons (Fsp3) is 0.647. The number of likely N-dealkylation sites (N-methyl/N-ethyl adjacent to an activating group) is 1. The van der Waals surface area contributed by atoms with E-state index in [1.165, 1.54) is 30.6 Å². The van der Waals surface area contributed by atoms with Crippen LogP contribution < -0.4 is 10.2 Å². The average molecular weight is 368 g/mol. The molecule has 2 fully saturated rings. The number of likely N-dealkylation sites (tertiary alicyclic amines) is 1. The number of rotatable bonds is 4. The van der Waals surface area contributed by atoms with Crippen LogP contribution in [0.1, 0.15) is 18.4 Å². The highest BCUT2D eigenvalue weighted by molar-refractivity contribution is 9.10. The van der Waals surface area contributed by atoms with Gasteiger partial charge in [-0.05, 0) is 44.1 Å². The molecule has 0 bridgehead atoms. The van der Waals surface area contributed by atoms with Crippen LogP contribution in [0.25, 0.3) is 0 Å². The van der Waals surface area contributed by atoms with Crippen molar-refractivity contribution in [1.29, 1.82) is 0 Å². The fourth-order valence-electron chi connectivity index (χ4n) is 3.45. The first kappa shape index (κ1) is 16.2. The molecular formula is C17H26BrN3O. The summed E-state index contributed by atoms with van der Waals surface area (Å²) >= 11 is 3.63. The minimum Gasteiger partial charge on any atom is -0.378 e. The van der Waals surface area contributed by atoms with Gasteiger partial charge < -0.3 is 15.0 Å². The van der Waals surface area contributed by atoms with Crippen molar-refractivity contribution in [2.75, 3.05) is 51.3 Å². The quantitative estimate of drug-likeness (QED) is 0.884. The minimum absolute atomic E-state index is 0.635. The number of anilines is 1. The summed E-state index contributed by atoms with van der Waals surface area (Å²) in [7, 11) is 2.08. The van der Waals surface area contributed by atoms with Crippen LogP contribution >= 0.6 is 15.9 Å². The molecule has 1 atom stereocenters. The Hall–Kier alpha value is -0.620. The van der Waals surface area contributed by atoms with E-state index in [1.54, 1.807) is 0 Å². The predicted molar refractivity (Wildman–Crippen MR) is 94.5 cm³/mol. The van der Waals surface area contributed by atoms with Crippen LogP contribution in [0.5, 0.6) is 0 Å². The lowest BCUT2D eigenvalue weighted by atomic mass is 10.0. The molecule has 122 valence electrons. The molecule has 0 aliphatic carbocycles. The van der Waals surface area contributed by atoms with Gasteiger partial charge in [0.2, 0.25) is 0 Å². The minimum atomic E-state index is 0.635. The summed E-state index contributed by atoms with van der Waals surface area (Å²) in [4.78, 5) is 5.04. The van der Waals surface area contributed by atoms with Crippen LogP contribution in [0.4, 0.5) is 5.69 Å². The molecule has 2 heterocycles. The van der Waals surface area contributed by atoms with E-state index in [1.807, 2.05) is 0 Å². The zero-order chi connectivity index (χ0) is 15.4. The molecule has 2 aliphatic rings. The largest absolute Gasteiger partial charge is 0.378 e. The molecule has 4 nitrogen and oxygen atoms in total. The van der Waals surface area contributed by atoms with E-state index in [4.69, 9.17) is 4.74 Å². The molecule has 0 spiro atoms. The summed E-state index contributed by atoms with van der Waals surface area (Å²) in [5.74, 6) is 0. The summed E-state index contributed by atoms with van der Waals surface area (Å²) in [6.07, 6.45) is 2.58. The Bertz CT molecular complexity index is 491. The summed E-state index contributed by atoms with van der Waals surface area (Å²) in [5.41, 5.74) is 2.80. The highest BCUT2D eigenvalue weighted by Gasteiger charge is 2.21. The molecule has 1 unspecified atom stereocenters. The van der Waals surface area contributed by atoms with Crippen molar-refractivity contribution in [3.05, 3.63) is 28.2 Å². The lowest BCUT2D eigenvalue weighted by Gasteiger charge is -2.35. The van der Waals surface area contributed by atoms with Gasteiger partial charge in [0.15, 0.2) is 0 Å². The van der Waals surface area contributed by atoms with Gasteiger partial charge in [0.1, 0.15) is 0 Å². The summed E-state index contributed by atoms with van der Waals surface area (Å²) in [6.45, 7) is 7.03. The van der Waals surface area contributed by atoms with Gasteiger partial charge >= 0.3 is 0 Å². The maximum atomic E-state index is 5.50. The lowest BCUT2D eigenvalue weighted by Crippen LogP contribution is -2.44. The average Bonchev–Trinajstić information content (AvgIpc) is 2.57. The number of piperidine rings is 1. The van der Waals surface area contributed by atoms with Gasteiger partial charge in [0.05, 0.1) is 13.2 Å². The molecule has 2 saturated heterocycles. The van der Waals surface area contributed by atoms with E-state index in [2.05, 4.69) is 56.3 Å². The third kappa shape index (κ3) is 4.02. The topological polar surface area (TPSA) is 27.7 Å². The molecule has 3 rings (SSSR count). The van der Waals surface area contributed by atoms with E-state index >= 15 is 0 Å². The number of ether oxygens (including phenoxy) is 1. The second-order valence-electron chi connectivity index (χ2n) is 6.24. The first-order valence-corrected chi connectivity index (χ1v) is 9.06. The Balaban J connectivity index is 1.74. The maximum absolute atomic E-state index is 5.50. The standard InChI is InChI=1S/C17H26BrN3O/c1-19-16-3-2-6-20(13-16)12-14-4-5-15(18)11-17(14)21-7-9-22-10-8-21/h4-5,11,16,19H,2-3,6-10,12-13H2,1H3. The first-order valence-electron chi connectivity index (χ1n) is 8.27. The van der Waals surface area contributed by atoms with Gasteiger partial charge in [-0.2, -0.15) is 0 Å². The zero-order valence-corrected chi connectivity index (χ0v) is 14.9. The van der Waals surface area contributed by atoms with Crippen molar-refractivity contribution >= 4 is 21.6 Å². The molecule has 0 saturated carbocycles. The zero-order valence-electron chi connectivity index (χ0n) is 13.4. The molecule has 22 heavy (non-hydrogen) atoms. The van der Waals surface area contributed by atoms with E-state index in [9.17, 15) is 0 Å². The van der Waals surface area contributed by atoms with Gasteiger partial charge in [0, 0.05) is 42.4 Å². The van der Waals surface area contributed by atoms with Crippen LogP contribution in [-0.2, 0) is 11.3 Å². The Labute approximate surface area is 141 Å². The van der Waals surface area contributed by atoms with Gasteiger partial charge in [-0.25, -0.2) is 0 Å². The fourth-order valence-corrected chi connectivity index (χ4v) is 3.79. The second-order valence-corrected chi connectivity index (χ2v) is 7.15. The number of hydrogen-bond acceptors (Lipinski definition) is 4. The Morgan fingerprint density at radius 1 is 1.27 bits per heavy atom. The number of halogens is 1. The molecule has 0 radical (unpaired) electrons. The van der Waals surface area contributed by atoms with Crippen LogP contribution in [0.15, 0.2) is 22.7 Å². The molecule has 1 aromatic rings. The molecular weight excluding hydrogens is 342 g/mol. The molecule has 1 N–H and O–H groups in total. The third-order valence-electron chi connectivity index (χ3n) is 4.71. The SMILES string of the molecule is CNC1CCCN(Cc2ccc(Br)cc2N2CCOCC2)C1. The normalized spacial score (nSPS) is 23.7. The summed E-state index contributed by atoms with van der Waals surface area (Å²) < 4.78 is 6.65. The van der Waals surface area contributed by atoms with Crippen LogP contribution in [0, 0.1) is 0 Å². The lowest BCUT2D eigenvalue weighted by molar-refractivity contribution is 0.122. The maximum Gasteiger partial charge on any atom is 0.0642 e. The van der Waals surface area contributed by atoms with Gasteiger partial charge in [-0.1, -0.05) is 22.0 Å². The van der Waals surface area contributed by atoms with Crippen molar-refractivity contribution < 1.29 is 4.74 Å². The monoisotopic (exact) mass is 367 g/mol. The van der Waals surface area contributed by atoms with Gasteiger partial charge in [-0.15, -0.1) is 0 Å². The molecule has 5 heteroatoms. The Morgan fingerprint density at radius 2 is 2.09 bits per heavy atom. The molecule has 0 amide bonds. The number of morpholine rings is 1. The van der Waals surface area contributed by atoms with Crippen molar-refractivity contribution in [2.24, 2.45) is 0 Å². The Morgan fingerprint density at radius 3 is 2.86 bits per heavy atom. The number of benzene rings is 1. The van der Waals surface area contributed by atoms with Gasteiger partial charge in [-0.3, -0.25) is 4.90 Å². The molecule has 0 aromatic heterocycles. The predicted octanol–water partition coefficient (Wildman–Crippen LogP) is 2.47. The molecule has 1 aromatic carbocycles.